The summed E-state index contributed by atoms with van der Waals surface area (Å²) in [5, 5.41) is 0.909. The second kappa shape index (κ2) is 5.73. The molecule has 0 aliphatic carbocycles. The minimum absolute atomic E-state index is 0.269. The lowest BCUT2D eigenvalue weighted by atomic mass is 10.1. The molecule has 4 heteroatoms. The predicted molar refractivity (Wildman–Crippen MR) is 65.9 cm³/mol. The van der Waals surface area contributed by atoms with Gasteiger partial charge in [0, 0.05) is 22.4 Å². The van der Waals surface area contributed by atoms with Gasteiger partial charge in [-0.15, -0.1) is 0 Å². The van der Waals surface area contributed by atoms with Crippen LogP contribution in [0.15, 0.2) is 18.2 Å². The highest BCUT2D eigenvalue weighted by molar-refractivity contribution is 7.99. The molecule has 0 radical (unpaired) electrons. The SMILES string of the molecule is CC(C)SCC(N)c1ccc(Cl)cc1F. The van der Waals surface area contributed by atoms with Crippen molar-refractivity contribution in [3.8, 4) is 0 Å². The number of nitrogens with two attached hydrogens (primary N) is 1. The van der Waals surface area contributed by atoms with Crippen molar-refractivity contribution in [2.45, 2.75) is 25.1 Å². The molecule has 2 N–H and O–H groups in total. The van der Waals surface area contributed by atoms with Crippen LogP contribution in [0.2, 0.25) is 5.02 Å². The van der Waals surface area contributed by atoms with E-state index in [0.717, 1.165) is 5.75 Å². The van der Waals surface area contributed by atoms with Crippen LogP contribution in [0.4, 0.5) is 4.39 Å². The Kier molecular flexibility index (Phi) is 4.90. The zero-order valence-corrected chi connectivity index (χ0v) is 10.4. The first-order chi connectivity index (χ1) is 7.00. The van der Waals surface area contributed by atoms with Crippen LogP contribution >= 0.6 is 23.4 Å². The van der Waals surface area contributed by atoms with Crippen LogP contribution < -0.4 is 5.73 Å². The molecule has 0 heterocycles. The fraction of sp³-hybridized carbons (Fsp3) is 0.455. The maximum Gasteiger partial charge on any atom is 0.129 e. The number of hydrogen-bond acceptors (Lipinski definition) is 2. The number of rotatable bonds is 4. The van der Waals surface area contributed by atoms with Gasteiger partial charge in [-0.2, -0.15) is 11.8 Å². The van der Waals surface area contributed by atoms with Crippen LogP contribution in [0.3, 0.4) is 0 Å². The largest absolute Gasteiger partial charge is 0.323 e. The molecule has 0 aromatic heterocycles. The second-order valence-electron chi connectivity index (χ2n) is 3.65. The summed E-state index contributed by atoms with van der Waals surface area (Å²) in [5.41, 5.74) is 6.43. The first-order valence-corrected chi connectivity index (χ1v) is 6.25. The summed E-state index contributed by atoms with van der Waals surface area (Å²) in [6.45, 7) is 4.19. The van der Waals surface area contributed by atoms with E-state index in [2.05, 4.69) is 13.8 Å². The molecule has 1 aromatic carbocycles. The van der Waals surface area contributed by atoms with Crippen molar-refractivity contribution in [2.75, 3.05) is 5.75 Å². The van der Waals surface area contributed by atoms with Crippen LogP contribution in [0.25, 0.3) is 0 Å². The Labute approximate surface area is 99.2 Å². The molecule has 1 rings (SSSR count). The standard InChI is InChI=1S/C11H15ClFNS/c1-7(2)15-6-11(14)9-4-3-8(12)5-10(9)13/h3-5,7,11H,6,14H2,1-2H3. The molecule has 0 saturated carbocycles. The summed E-state index contributed by atoms with van der Waals surface area (Å²) in [6.07, 6.45) is 0. The average molecular weight is 248 g/mol. The zero-order chi connectivity index (χ0) is 11.4. The van der Waals surface area contributed by atoms with Gasteiger partial charge in [-0.1, -0.05) is 31.5 Å². The molecule has 0 saturated heterocycles. The third-order valence-electron chi connectivity index (χ3n) is 1.97. The summed E-state index contributed by atoms with van der Waals surface area (Å²) in [7, 11) is 0. The summed E-state index contributed by atoms with van der Waals surface area (Å²) < 4.78 is 13.5. The molecule has 15 heavy (non-hydrogen) atoms. The molecule has 1 atom stereocenters. The minimum Gasteiger partial charge on any atom is -0.323 e. The lowest BCUT2D eigenvalue weighted by Gasteiger charge is -2.14. The highest BCUT2D eigenvalue weighted by Gasteiger charge is 2.12. The van der Waals surface area contributed by atoms with Crippen molar-refractivity contribution >= 4 is 23.4 Å². The van der Waals surface area contributed by atoms with E-state index in [9.17, 15) is 4.39 Å². The van der Waals surface area contributed by atoms with Gasteiger partial charge in [0.2, 0.25) is 0 Å². The third-order valence-corrected chi connectivity index (χ3v) is 3.42. The van der Waals surface area contributed by atoms with E-state index >= 15 is 0 Å². The third kappa shape index (κ3) is 4.01. The maximum atomic E-state index is 13.5. The van der Waals surface area contributed by atoms with Crippen molar-refractivity contribution in [2.24, 2.45) is 5.73 Å². The zero-order valence-electron chi connectivity index (χ0n) is 8.84. The lowest BCUT2D eigenvalue weighted by Crippen LogP contribution is -2.15. The topological polar surface area (TPSA) is 26.0 Å². The Morgan fingerprint density at radius 1 is 1.47 bits per heavy atom. The summed E-state index contributed by atoms with van der Waals surface area (Å²) >= 11 is 7.39. The number of benzene rings is 1. The van der Waals surface area contributed by atoms with Gasteiger partial charge in [0.05, 0.1) is 0 Å². The highest BCUT2D eigenvalue weighted by Crippen LogP contribution is 2.23. The first kappa shape index (κ1) is 12.8. The number of thioether (sulfide) groups is 1. The normalized spacial score (nSPS) is 13.2. The molecule has 0 amide bonds. The molecule has 0 aliphatic heterocycles. The number of halogens is 2. The Morgan fingerprint density at radius 3 is 2.67 bits per heavy atom. The second-order valence-corrected chi connectivity index (χ2v) is 5.70. The van der Waals surface area contributed by atoms with E-state index in [1.165, 1.54) is 6.07 Å². The molecule has 0 spiro atoms. The molecular formula is C11H15ClFNS. The van der Waals surface area contributed by atoms with Crippen LogP contribution in [0, 0.1) is 5.82 Å². The Bertz CT molecular complexity index is 330. The van der Waals surface area contributed by atoms with Gasteiger partial charge >= 0.3 is 0 Å². The van der Waals surface area contributed by atoms with Crippen molar-refractivity contribution in [1.29, 1.82) is 0 Å². The summed E-state index contributed by atoms with van der Waals surface area (Å²) in [5.74, 6) is 0.398. The average Bonchev–Trinajstić information content (AvgIpc) is 2.14. The van der Waals surface area contributed by atoms with Crippen LogP contribution in [0.1, 0.15) is 25.5 Å². The van der Waals surface area contributed by atoms with Gasteiger partial charge < -0.3 is 5.73 Å². The molecule has 0 bridgehead atoms. The Balaban J connectivity index is 2.69. The molecule has 1 nitrogen and oxygen atoms in total. The van der Waals surface area contributed by atoms with Crippen LogP contribution in [-0.2, 0) is 0 Å². The molecule has 0 fully saturated rings. The number of hydrogen-bond donors (Lipinski definition) is 1. The van der Waals surface area contributed by atoms with E-state index in [1.807, 2.05) is 0 Å². The Hall–Kier alpha value is -0.250. The van der Waals surface area contributed by atoms with Crippen molar-refractivity contribution in [3.05, 3.63) is 34.6 Å². The Morgan fingerprint density at radius 2 is 2.13 bits per heavy atom. The van der Waals surface area contributed by atoms with Gasteiger partial charge in [-0.3, -0.25) is 0 Å². The fourth-order valence-corrected chi connectivity index (χ4v) is 2.12. The van der Waals surface area contributed by atoms with Crippen molar-refractivity contribution in [3.63, 3.8) is 0 Å². The molecular weight excluding hydrogens is 233 g/mol. The fourth-order valence-electron chi connectivity index (χ4n) is 1.19. The van der Waals surface area contributed by atoms with Gasteiger partial charge in [0.25, 0.3) is 0 Å². The van der Waals surface area contributed by atoms with E-state index in [4.69, 9.17) is 17.3 Å². The van der Waals surface area contributed by atoms with E-state index in [1.54, 1.807) is 23.9 Å². The quantitative estimate of drug-likeness (QED) is 0.880. The molecule has 0 aliphatic rings. The van der Waals surface area contributed by atoms with Gasteiger partial charge in [0.1, 0.15) is 5.82 Å². The lowest BCUT2D eigenvalue weighted by molar-refractivity contribution is 0.595. The van der Waals surface area contributed by atoms with E-state index < -0.39 is 0 Å². The van der Waals surface area contributed by atoms with Crippen molar-refractivity contribution < 1.29 is 4.39 Å². The van der Waals surface area contributed by atoms with Crippen LogP contribution in [-0.4, -0.2) is 11.0 Å². The first-order valence-electron chi connectivity index (χ1n) is 4.83. The van der Waals surface area contributed by atoms with Crippen molar-refractivity contribution in [1.82, 2.24) is 0 Å². The van der Waals surface area contributed by atoms with Gasteiger partial charge in [0.15, 0.2) is 0 Å². The predicted octanol–water partition coefficient (Wildman–Crippen LogP) is 3.62. The highest BCUT2D eigenvalue weighted by atomic mass is 35.5. The van der Waals surface area contributed by atoms with E-state index in [-0.39, 0.29) is 11.9 Å². The molecule has 1 unspecified atom stereocenters. The van der Waals surface area contributed by atoms with Crippen LogP contribution in [0.5, 0.6) is 0 Å². The summed E-state index contributed by atoms with van der Waals surface area (Å²) in [4.78, 5) is 0. The smallest absolute Gasteiger partial charge is 0.129 e. The summed E-state index contributed by atoms with van der Waals surface area (Å²) in [6, 6.07) is 4.36. The molecule has 84 valence electrons. The van der Waals surface area contributed by atoms with Gasteiger partial charge in [-0.25, -0.2) is 4.39 Å². The minimum atomic E-state index is -0.320. The monoisotopic (exact) mass is 247 g/mol. The molecule has 1 aromatic rings. The maximum absolute atomic E-state index is 13.5. The van der Waals surface area contributed by atoms with Gasteiger partial charge in [-0.05, 0) is 17.4 Å². The van der Waals surface area contributed by atoms with E-state index in [0.29, 0.717) is 15.8 Å².